The lowest BCUT2D eigenvalue weighted by molar-refractivity contribution is -0.0460. The summed E-state index contributed by atoms with van der Waals surface area (Å²) in [4.78, 5) is 2.38. The molecular weight excluding hydrogens is 114 g/mol. The minimum Gasteiger partial charge on any atom is -0.391 e. The Hall–Kier alpha value is -0.0800. The second kappa shape index (κ2) is 1.96. The Balaban J connectivity index is 1.83. The average Bonchev–Trinajstić information content (AvgIpc) is 1.74. The van der Waals surface area contributed by atoms with Crippen LogP contribution in [0.25, 0.3) is 0 Å². The smallest absolute Gasteiger partial charge is 0.0696 e. The van der Waals surface area contributed by atoms with Gasteiger partial charge in [-0.2, -0.15) is 0 Å². The molecule has 0 radical (unpaired) electrons. The number of hydrogen-bond acceptors (Lipinski definition) is 2. The third-order valence-corrected chi connectivity index (χ3v) is 2.56. The topological polar surface area (TPSA) is 23.5 Å². The summed E-state index contributed by atoms with van der Waals surface area (Å²) in [6.45, 7) is 2.45. The zero-order chi connectivity index (χ0) is 6.27. The maximum Gasteiger partial charge on any atom is 0.0696 e. The van der Waals surface area contributed by atoms with Crippen LogP contribution in [0.2, 0.25) is 0 Å². The zero-order valence-corrected chi connectivity index (χ0v) is 5.58. The van der Waals surface area contributed by atoms with E-state index in [9.17, 15) is 5.11 Å². The van der Waals surface area contributed by atoms with Gasteiger partial charge in [0.25, 0.3) is 0 Å². The van der Waals surface area contributed by atoms with Crippen LogP contribution in [-0.2, 0) is 0 Å². The first-order valence-corrected chi connectivity index (χ1v) is 3.80. The van der Waals surface area contributed by atoms with Gasteiger partial charge in [0.2, 0.25) is 0 Å². The number of hydrogen-bond donors (Lipinski definition) is 1. The zero-order valence-electron chi connectivity index (χ0n) is 5.58. The van der Waals surface area contributed by atoms with Crippen LogP contribution in [0.1, 0.15) is 19.3 Å². The van der Waals surface area contributed by atoms with Gasteiger partial charge in [-0.3, -0.25) is 4.90 Å². The molecule has 1 N–H and O–H groups in total. The van der Waals surface area contributed by atoms with Crippen molar-refractivity contribution in [2.24, 2.45) is 0 Å². The number of likely N-dealkylation sites (tertiary alicyclic amines) is 1. The van der Waals surface area contributed by atoms with Crippen molar-refractivity contribution in [3.8, 4) is 0 Å². The van der Waals surface area contributed by atoms with Crippen molar-refractivity contribution in [1.82, 2.24) is 4.90 Å². The maximum atomic E-state index is 9.20. The molecule has 2 fully saturated rings. The molecule has 0 unspecified atom stereocenters. The Labute approximate surface area is 55.5 Å². The molecule has 2 aliphatic rings. The lowest BCUT2D eigenvalue weighted by atomic mass is 9.86. The Morgan fingerprint density at radius 1 is 1.22 bits per heavy atom. The van der Waals surface area contributed by atoms with Crippen LogP contribution in [0.3, 0.4) is 0 Å². The van der Waals surface area contributed by atoms with E-state index >= 15 is 0 Å². The van der Waals surface area contributed by atoms with Gasteiger partial charge >= 0.3 is 0 Å². The van der Waals surface area contributed by atoms with Crippen LogP contribution in [0.4, 0.5) is 0 Å². The summed E-state index contributed by atoms with van der Waals surface area (Å²) in [5.41, 5.74) is 0. The molecule has 52 valence electrons. The fourth-order valence-electron chi connectivity index (χ4n) is 1.56. The standard InChI is InChI=1S/C7H13NO/c9-7-3-2-6(7)8-4-1-5-8/h6-7,9H,1-5H2/t6-,7-/m1/s1. The summed E-state index contributed by atoms with van der Waals surface area (Å²) < 4.78 is 0. The van der Waals surface area contributed by atoms with Crippen molar-refractivity contribution in [3.05, 3.63) is 0 Å². The minimum atomic E-state index is 0.00491. The molecule has 0 spiro atoms. The molecule has 9 heavy (non-hydrogen) atoms. The molecule has 2 atom stereocenters. The van der Waals surface area contributed by atoms with Gasteiger partial charge in [0.1, 0.15) is 0 Å². The minimum absolute atomic E-state index is 0.00491. The molecule has 1 aliphatic heterocycles. The van der Waals surface area contributed by atoms with E-state index in [1.807, 2.05) is 0 Å². The first kappa shape index (κ1) is 5.69. The van der Waals surface area contributed by atoms with E-state index in [1.165, 1.54) is 25.9 Å². The van der Waals surface area contributed by atoms with E-state index in [0.717, 1.165) is 6.42 Å². The van der Waals surface area contributed by atoms with Crippen molar-refractivity contribution < 1.29 is 5.11 Å². The summed E-state index contributed by atoms with van der Waals surface area (Å²) in [5, 5.41) is 9.20. The number of rotatable bonds is 1. The van der Waals surface area contributed by atoms with Gasteiger partial charge in [-0.25, -0.2) is 0 Å². The van der Waals surface area contributed by atoms with Gasteiger partial charge < -0.3 is 5.11 Å². The molecule has 2 heteroatoms. The maximum absolute atomic E-state index is 9.20. The van der Waals surface area contributed by atoms with E-state index < -0.39 is 0 Å². The van der Waals surface area contributed by atoms with E-state index in [-0.39, 0.29) is 6.10 Å². The second-order valence-corrected chi connectivity index (χ2v) is 3.10. The highest BCUT2D eigenvalue weighted by atomic mass is 16.3. The number of nitrogens with zero attached hydrogens (tertiary/aromatic N) is 1. The first-order valence-electron chi connectivity index (χ1n) is 3.80. The van der Waals surface area contributed by atoms with Crippen molar-refractivity contribution >= 4 is 0 Å². The van der Waals surface area contributed by atoms with Crippen LogP contribution in [0, 0.1) is 0 Å². The van der Waals surface area contributed by atoms with Gasteiger partial charge in [0.05, 0.1) is 6.10 Å². The van der Waals surface area contributed by atoms with E-state index in [2.05, 4.69) is 4.90 Å². The highest BCUT2D eigenvalue weighted by Gasteiger charge is 2.36. The van der Waals surface area contributed by atoms with Crippen LogP contribution < -0.4 is 0 Å². The molecule has 0 aromatic carbocycles. The quantitative estimate of drug-likeness (QED) is 0.544. The van der Waals surface area contributed by atoms with Gasteiger partial charge in [-0.15, -0.1) is 0 Å². The first-order chi connectivity index (χ1) is 4.38. The van der Waals surface area contributed by atoms with Crippen LogP contribution in [0.15, 0.2) is 0 Å². The van der Waals surface area contributed by atoms with E-state index in [0.29, 0.717) is 6.04 Å². The van der Waals surface area contributed by atoms with Crippen molar-refractivity contribution in [3.63, 3.8) is 0 Å². The molecule has 1 saturated carbocycles. The normalized spacial score (nSPS) is 43.7. The molecule has 0 amide bonds. The van der Waals surface area contributed by atoms with Crippen molar-refractivity contribution in [2.75, 3.05) is 13.1 Å². The fourth-order valence-corrected chi connectivity index (χ4v) is 1.56. The SMILES string of the molecule is O[C@@H]1CC[C@H]1N1CCC1. The Bertz CT molecular complexity index is 111. The van der Waals surface area contributed by atoms with Gasteiger partial charge in [-0.05, 0) is 32.4 Å². The highest BCUT2D eigenvalue weighted by Crippen LogP contribution is 2.28. The molecule has 1 saturated heterocycles. The largest absolute Gasteiger partial charge is 0.391 e. The van der Waals surface area contributed by atoms with E-state index in [4.69, 9.17) is 0 Å². The Kier molecular flexibility index (Phi) is 1.24. The predicted octanol–water partition coefficient (Wildman–Crippen LogP) is 0.215. The lowest BCUT2D eigenvalue weighted by Gasteiger charge is -2.46. The molecule has 0 bridgehead atoms. The molecule has 0 aromatic heterocycles. The monoisotopic (exact) mass is 127 g/mol. The molecule has 1 aliphatic carbocycles. The summed E-state index contributed by atoms with van der Waals surface area (Å²) in [5.74, 6) is 0. The molecule has 2 nitrogen and oxygen atoms in total. The molecule has 0 aromatic rings. The van der Waals surface area contributed by atoms with Gasteiger partial charge in [0.15, 0.2) is 0 Å². The van der Waals surface area contributed by atoms with Crippen LogP contribution >= 0.6 is 0 Å². The molecular formula is C7H13NO. The third-order valence-electron chi connectivity index (χ3n) is 2.56. The second-order valence-electron chi connectivity index (χ2n) is 3.10. The summed E-state index contributed by atoms with van der Waals surface area (Å²) >= 11 is 0. The molecule has 1 heterocycles. The lowest BCUT2D eigenvalue weighted by Crippen LogP contribution is -2.55. The Morgan fingerprint density at radius 3 is 2.11 bits per heavy atom. The Morgan fingerprint density at radius 2 is 2.00 bits per heavy atom. The van der Waals surface area contributed by atoms with Crippen LogP contribution in [-0.4, -0.2) is 35.2 Å². The number of aliphatic hydroxyl groups is 1. The predicted molar refractivity (Wildman–Crippen MR) is 35.2 cm³/mol. The average molecular weight is 127 g/mol. The van der Waals surface area contributed by atoms with Gasteiger partial charge in [0, 0.05) is 6.04 Å². The van der Waals surface area contributed by atoms with Crippen molar-refractivity contribution in [2.45, 2.75) is 31.4 Å². The summed E-state index contributed by atoms with van der Waals surface area (Å²) in [6.07, 6.45) is 3.59. The third kappa shape index (κ3) is 0.775. The summed E-state index contributed by atoms with van der Waals surface area (Å²) in [7, 11) is 0. The summed E-state index contributed by atoms with van der Waals surface area (Å²) in [6, 6.07) is 0.541. The fraction of sp³-hybridized carbons (Fsp3) is 1.00. The van der Waals surface area contributed by atoms with Crippen LogP contribution in [0.5, 0.6) is 0 Å². The highest BCUT2D eigenvalue weighted by molar-refractivity contribution is 4.91. The van der Waals surface area contributed by atoms with Crippen molar-refractivity contribution in [1.29, 1.82) is 0 Å². The van der Waals surface area contributed by atoms with E-state index in [1.54, 1.807) is 0 Å². The van der Waals surface area contributed by atoms with Gasteiger partial charge in [-0.1, -0.05) is 0 Å². The molecule has 2 rings (SSSR count). The number of aliphatic hydroxyl groups excluding tert-OH is 1.